The Bertz CT molecular complexity index is 1470. The summed E-state index contributed by atoms with van der Waals surface area (Å²) in [7, 11) is 0. The molecular formula is C21H16ClFN8O. The predicted octanol–water partition coefficient (Wildman–Crippen LogP) is 2.78. The van der Waals surface area contributed by atoms with Crippen LogP contribution in [0.4, 0.5) is 16.2 Å². The fourth-order valence-corrected chi connectivity index (χ4v) is 4.15. The minimum Gasteiger partial charge on any atom is -0.368 e. The van der Waals surface area contributed by atoms with Gasteiger partial charge in [-0.05, 0) is 43.7 Å². The molecular weight excluding hydrogens is 435 g/mol. The molecule has 0 amide bonds. The molecule has 0 spiro atoms. The summed E-state index contributed by atoms with van der Waals surface area (Å²) < 4.78 is 16.4. The summed E-state index contributed by atoms with van der Waals surface area (Å²) in [5.41, 5.74) is 6.89. The van der Waals surface area contributed by atoms with Crippen LogP contribution in [0.5, 0.6) is 0 Å². The van der Waals surface area contributed by atoms with Gasteiger partial charge in [0.1, 0.15) is 23.0 Å². The number of hydrogen-bond donors (Lipinski definition) is 1. The third-order valence-electron chi connectivity index (χ3n) is 5.54. The van der Waals surface area contributed by atoms with E-state index in [1.165, 1.54) is 33.3 Å². The van der Waals surface area contributed by atoms with Crippen LogP contribution in [0, 0.1) is 24.1 Å². The van der Waals surface area contributed by atoms with Gasteiger partial charge >= 0.3 is 0 Å². The van der Waals surface area contributed by atoms with Crippen LogP contribution < -0.4 is 16.2 Å². The van der Waals surface area contributed by atoms with E-state index in [4.69, 9.17) is 17.3 Å². The topological polar surface area (TPSA) is 118 Å². The Balaban J connectivity index is 1.73. The van der Waals surface area contributed by atoms with E-state index < -0.39 is 5.82 Å². The first-order chi connectivity index (χ1) is 15.4. The van der Waals surface area contributed by atoms with Crippen LogP contribution in [0.1, 0.15) is 29.5 Å². The zero-order valence-corrected chi connectivity index (χ0v) is 17.6. The number of hydrogen-bond acceptors (Lipinski definition) is 7. The molecule has 0 saturated carbocycles. The van der Waals surface area contributed by atoms with Gasteiger partial charge < -0.3 is 10.6 Å². The van der Waals surface area contributed by atoms with E-state index in [0.717, 1.165) is 0 Å². The van der Waals surface area contributed by atoms with Crippen LogP contribution >= 0.6 is 11.6 Å². The number of aromatic nitrogens is 5. The number of anilines is 2. The fourth-order valence-electron chi connectivity index (χ4n) is 3.93. The molecule has 0 aliphatic carbocycles. The molecule has 1 aromatic carbocycles. The van der Waals surface area contributed by atoms with Crippen molar-refractivity contribution in [1.29, 1.82) is 5.26 Å². The second-order valence-electron chi connectivity index (χ2n) is 7.41. The molecule has 1 aliphatic rings. The lowest BCUT2D eigenvalue weighted by Gasteiger charge is -2.42. The number of rotatable bonds is 3. The molecule has 4 aromatic rings. The quantitative estimate of drug-likeness (QED) is 0.509. The number of fused-ring (bicyclic) bond motifs is 1. The van der Waals surface area contributed by atoms with Gasteiger partial charge in [0.05, 0.1) is 22.4 Å². The monoisotopic (exact) mass is 450 g/mol. The highest BCUT2D eigenvalue weighted by atomic mass is 35.5. The van der Waals surface area contributed by atoms with Crippen LogP contribution in [0.2, 0.25) is 5.02 Å². The second-order valence-corrected chi connectivity index (χ2v) is 7.81. The maximum atomic E-state index is 13.6. The number of nitriles is 1. The molecule has 1 fully saturated rings. The van der Waals surface area contributed by atoms with Gasteiger partial charge in [0.2, 0.25) is 5.95 Å². The van der Waals surface area contributed by atoms with Gasteiger partial charge in [0, 0.05) is 12.7 Å². The Labute approximate surface area is 186 Å². The third kappa shape index (κ3) is 2.98. The van der Waals surface area contributed by atoms with Crippen molar-refractivity contribution < 1.29 is 4.39 Å². The minimum absolute atomic E-state index is 0.0543. The summed E-state index contributed by atoms with van der Waals surface area (Å²) in [5, 5.41) is 14.6. The fraction of sp³-hybridized carbons (Fsp3) is 0.190. The highest BCUT2D eigenvalue weighted by Gasteiger charge is 2.37. The Hall–Kier alpha value is -3.97. The van der Waals surface area contributed by atoms with Crippen molar-refractivity contribution in [3.05, 3.63) is 74.8 Å². The molecule has 9 nitrogen and oxygen atoms in total. The summed E-state index contributed by atoms with van der Waals surface area (Å²) in [4.78, 5) is 23.7. The number of nitrogens with zero attached hydrogens (tertiary/aromatic N) is 7. The SMILES string of the molecule is Cc1nc(N)nc(N2CC[C@H]2c2nn3ccc(Cl)c3c(=O)n2-c2ccc(F)cc2)c1C#N. The summed E-state index contributed by atoms with van der Waals surface area (Å²) in [6, 6.07) is 8.91. The Morgan fingerprint density at radius 3 is 2.66 bits per heavy atom. The molecule has 0 unspecified atom stereocenters. The maximum Gasteiger partial charge on any atom is 0.284 e. The molecule has 3 aromatic heterocycles. The van der Waals surface area contributed by atoms with Crippen molar-refractivity contribution in [2.45, 2.75) is 19.4 Å². The normalized spacial score (nSPS) is 15.6. The Morgan fingerprint density at radius 1 is 1.25 bits per heavy atom. The van der Waals surface area contributed by atoms with E-state index in [-0.39, 0.29) is 28.1 Å². The molecule has 160 valence electrons. The smallest absolute Gasteiger partial charge is 0.284 e. The van der Waals surface area contributed by atoms with Gasteiger partial charge in [-0.2, -0.15) is 15.3 Å². The van der Waals surface area contributed by atoms with Crippen LogP contribution in [-0.4, -0.2) is 30.7 Å². The number of halogens is 2. The van der Waals surface area contributed by atoms with Crippen LogP contribution in [0.15, 0.2) is 41.3 Å². The zero-order chi connectivity index (χ0) is 22.6. The molecule has 4 heterocycles. The van der Waals surface area contributed by atoms with Crippen LogP contribution in [0.25, 0.3) is 11.2 Å². The lowest BCUT2D eigenvalue weighted by Crippen LogP contribution is -2.45. The first-order valence-corrected chi connectivity index (χ1v) is 10.1. The zero-order valence-electron chi connectivity index (χ0n) is 16.8. The largest absolute Gasteiger partial charge is 0.368 e. The first kappa shape index (κ1) is 20.0. The van der Waals surface area contributed by atoms with Crippen molar-refractivity contribution in [3.8, 4) is 11.8 Å². The summed E-state index contributed by atoms with van der Waals surface area (Å²) >= 11 is 6.23. The molecule has 1 aliphatic heterocycles. The number of nitrogen functional groups attached to an aromatic ring is 1. The summed E-state index contributed by atoms with van der Waals surface area (Å²) in [5.74, 6) is 0.429. The van der Waals surface area contributed by atoms with E-state index >= 15 is 0 Å². The third-order valence-corrected chi connectivity index (χ3v) is 5.84. The first-order valence-electron chi connectivity index (χ1n) is 9.75. The molecule has 32 heavy (non-hydrogen) atoms. The molecule has 0 bridgehead atoms. The molecule has 11 heteroatoms. The Kier molecular flexibility index (Phi) is 4.56. The highest BCUT2D eigenvalue weighted by Crippen LogP contribution is 2.38. The number of aryl methyl sites for hydroxylation is 1. The van der Waals surface area contributed by atoms with Gasteiger partial charge in [0.15, 0.2) is 11.6 Å². The molecule has 5 rings (SSSR count). The standard InChI is InChI=1S/C21H16ClFN8O/c1-11-14(10-24)18(27-21(25)26-11)29-8-7-16(29)19-28-30-9-6-15(22)17(30)20(32)31(19)13-4-2-12(23)3-5-13/h2-6,9,16H,7-8H2,1H3,(H2,25,26,27)/t16-/m0/s1. The van der Waals surface area contributed by atoms with Crippen LogP contribution in [0.3, 0.4) is 0 Å². The lowest BCUT2D eigenvalue weighted by atomic mass is 10.0. The van der Waals surface area contributed by atoms with E-state index in [1.807, 2.05) is 4.90 Å². The molecule has 0 radical (unpaired) electrons. The van der Waals surface area contributed by atoms with Gasteiger partial charge in [-0.3, -0.25) is 9.36 Å². The minimum atomic E-state index is -0.422. The van der Waals surface area contributed by atoms with E-state index in [1.54, 1.807) is 19.2 Å². The van der Waals surface area contributed by atoms with E-state index in [2.05, 4.69) is 21.1 Å². The maximum absolute atomic E-state index is 13.6. The van der Waals surface area contributed by atoms with Crippen molar-refractivity contribution in [2.75, 3.05) is 17.2 Å². The lowest BCUT2D eigenvalue weighted by molar-refractivity contribution is 0.422. The van der Waals surface area contributed by atoms with Crippen molar-refractivity contribution in [1.82, 2.24) is 24.1 Å². The number of nitrogens with two attached hydrogens (primary N) is 1. The number of benzene rings is 1. The second kappa shape index (κ2) is 7.32. The average Bonchev–Trinajstić information content (AvgIpc) is 3.09. The van der Waals surface area contributed by atoms with Crippen molar-refractivity contribution >= 4 is 28.9 Å². The van der Waals surface area contributed by atoms with E-state index in [9.17, 15) is 14.4 Å². The van der Waals surface area contributed by atoms with Gasteiger partial charge in [0.25, 0.3) is 5.56 Å². The van der Waals surface area contributed by atoms with E-state index in [0.29, 0.717) is 41.6 Å². The summed E-state index contributed by atoms with van der Waals surface area (Å²) in [6.45, 7) is 2.27. The highest BCUT2D eigenvalue weighted by molar-refractivity contribution is 6.33. The predicted molar refractivity (Wildman–Crippen MR) is 116 cm³/mol. The molecule has 1 atom stereocenters. The summed E-state index contributed by atoms with van der Waals surface area (Å²) in [6.07, 6.45) is 2.26. The van der Waals surface area contributed by atoms with Crippen molar-refractivity contribution in [3.63, 3.8) is 0 Å². The average molecular weight is 451 g/mol. The molecule has 1 saturated heterocycles. The molecule has 2 N–H and O–H groups in total. The van der Waals surface area contributed by atoms with Crippen LogP contribution in [-0.2, 0) is 0 Å². The Morgan fingerprint density at radius 2 is 2.00 bits per heavy atom. The van der Waals surface area contributed by atoms with Gasteiger partial charge in [-0.1, -0.05) is 11.6 Å². The van der Waals surface area contributed by atoms with Crippen molar-refractivity contribution in [2.24, 2.45) is 0 Å². The van der Waals surface area contributed by atoms with Gasteiger partial charge in [-0.15, -0.1) is 0 Å². The van der Waals surface area contributed by atoms with Gasteiger partial charge in [-0.25, -0.2) is 13.9 Å².